The van der Waals surface area contributed by atoms with Gasteiger partial charge in [0.15, 0.2) is 0 Å². The van der Waals surface area contributed by atoms with Crippen molar-refractivity contribution in [2.45, 2.75) is 6.92 Å². The van der Waals surface area contributed by atoms with Crippen LogP contribution in [0.2, 0.25) is 5.02 Å². The molecule has 0 fully saturated rings. The molecule has 0 aliphatic heterocycles. The SMILES string of the molecule is CCS(=O)(=O)Nc1cc(NC(=O)OC)c(F)cc1Cl. The van der Waals surface area contributed by atoms with Gasteiger partial charge < -0.3 is 4.74 Å². The zero-order valence-corrected chi connectivity index (χ0v) is 11.7. The van der Waals surface area contributed by atoms with Gasteiger partial charge in [-0.15, -0.1) is 0 Å². The summed E-state index contributed by atoms with van der Waals surface area (Å²) in [5.41, 5.74) is -0.277. The van der Waals surface area contributed by atoms with Crippen molar-refractivity contribution >= 4 is 39.1 Å². The Labute approximate surface area is 114 Å². The van der Waals surface area contributed by atoms with Crippen LogP contribution >= 0.6 is 11.6 Å². The van der Waals surface area contributed by atoms with Crippen LogP contribution in [-0.2, 0) is 14.8 Å². The molecule has 0 heterocycles. The maximum absolute atomic E-state index is 13.5. The number of hydrogen-bond acceptors (Lipinski definition) is 4. The zero-order chi connectivity index (χ0) is 14.6. The Balaban J connectivity index is 3.13. The number of carbonyl (C=O) groups is 1. The average molecular weight is 311 g/mol. The van der Waals surface area contributed by atoms with Crippen LogP contribution in [0.25, 0.3) is 0 Å². The minimum atomic E-state index is -3.56. The Morgan fingerprint density at radius 2 is 2.05 bits per heavy atom. The fourth-order valence-corrected chi connectivity index (χ4v) is 2.03. The number of anilines is 2. The summed E-state index contributed by atoms with van der Waals surface area (Å²) in [7, 11) is -2.44. The number of carbonyl (C=O) groups excluding carboxylic acids is 1. The maximum Gasteiger partial charge on any atom is 0.411 e. The first kappa shape index (κ1) is 15.5. The monoisotopic (exact) mass is 310 g/mol. The molecule has 9 heteroatoms. The molecular weight excluding hydrogens is 299 g/mol. The van der Waals surface area contributed by atoms with Crippen LogP contribution in [0.5, 0.6) is 0 Å². The van der Waals surface area contributed by atoms with Gasteiger partial charge in [-0.3, -0.25) is 10.0 Å². The molecule has 0 atom stereocenters. The van der Waals surface area contributed by atoms with Gasteiger partial charge in [-0.25, -0.2) is 17.6 Å². The average Bonchev–Trinajstić information content (AvgIpc) is 2.34. The highest BCUT2D eigenvalue weighted by molar-refractivity contribution is 7.92. The van der Waals surface area contributed by atoms with Crippen molar-refractivity contribution in [3.8, 4) is 0 Å². The molecule has 0 aliphatic carbocycles. The second-order valence-electron chi connectivity index (χ2n) is 3.43. The molecule has 1 rings (SSSR count). The van der Waals surface area contributed by atoms with Crippen molar-refractivity contribution < 1.29 is 22.3 Å². The number of sulfonamides is 1. The molecule has 0 saturated heterocycles. The summed E-state index contributed by atoms with van der Waals surface area (Å²) in [4.78, 5) is 11.0. The van der Waals surface area contributed by atoms with Gasteiger partial charge in [0, 0.05) is 0 Å². The van der Waals surface area contributed by atoms with E-state index in [-0.39, 0.29) is 22.2 Å². The van der Waals surface area contributed by atoms with Gasteiger partial charge in [0.25, 0.3) is 0 Å². The van der Waals surface area contributed by atoms with Gasteiger partial charge in [-0.1, -0.05) is 11.6 Å². The number of methoxy groups -OCH3 is 1. The maximum atomic E-state index is 13.5. The highest BCUT2D eigenvalue weighted by Crippen LogP contribution is 2.29. The smallest absolute Gasteiger partial charge is 0.411 e. The Morgan fingerprint density at radius 1 is 1.42 bits per heavy atom. The topological polar surface area (TPSA) is 84.5 Å². The molecular formula is C10H12ClFN2O4S. The molecule has 0 bridgehead atoms. The third-order valence-electron chi connectivity index (χ3n) is 2.12. The molecule has 0 unspecified atom stereocenters. The second-order valence-corrected chi connectivity index (χ2v) is 5.85. The summed E-state index contributed by atoms with van der Waals surface area (Å²) in [6.45, 7) is 1.44. The normalized spacial score (nSPS) is 10.9. The minimum Gasteiger partial charge on any atom is -0.453 e. The quantitative estimate of drug-likeness (QED) is 0.894. The van der Waals surface area contributed by atoms with E-state index in [9.17, 15) is 17.6 Å². The number of halogens is 2. The summed E-state index contributed by atoms with van der Waals surface area (Å²) in [5.74, 6) is -0.977. The molecule has 0 saturated carbocycles. The van der Waals surface area contributed by atoms with Crippen molar-refractivity contribution in [2.75, 3.05) is 22.9 Å². The molecule has 0 aliphatic rings. The number of hydrogen-bond donors (Lipinski definition) is 2. The number of ether oxygens (including phenoxy) is 1. The van der Waals surface area contributed by atoms with Crippen molar-refractivity contribution in [1.29, 1.82) is 0 Å². The third-order valence-corrected chi connectivity index (χ3v) is 3.73. The van der Waals surface area contributed by atoms with Crippen molar-refractivity contribution in [2.24, 2.45) is 0 Å². The predicted octanol–water partition coefficient (Wildman–Crippen LogP) is 2.42. The summed E-state index contributed by atoms with van der Waals surface area (Å²) < 4.78 is 42.8. The van der Waals surface area contributed by atoms with E-state index < -0.39 is 21.9 Å². The molecule has 19 heavy (non-hydrogen) atoms. The van der Waals surface area contributed by atoms with Crippen LogP contribution in [0.1, 0.15) is 6.92 Å². The van der Waals surface area contributed by atoms with Crippen LogP contribution in [0.15, 0.2) is 12.1 Å². The van der Waals surface area contributed by atoms with E-state index in [1.165, 1.54) is 6.92 Å². The molecule has 6 nitrogen and oxygen atoms in total. The lowest BCUT2D eigenvalue weighted by atomic mass is 10.2. The fourth-order valence-electron chi connectivity index (χ4n) is 1.12. The van der Waals surface area contributed by atoms with Crippen LogP contribution in [0.4, 0.5) is 20.6 Å². The second kappa shape index (κ2) is 6.07. The Hall–Kier alpha value is -1.54. The van der Waals surface area contributed by atoms with Gasteiger partial charge in [-0.2, -0.15) is 0 Å². The van der Waals surface area contributed by atoms with E-state index in [1.54, 1.807) is 0 Å². The molecule has 2 N–H and O–H groups in total. The van der Waals surface area contributed by atoms with Gasteiger partial charge in [0.1, 0.15) is 5.82 Å². The van der Waals surface area contributed by atoms with Crippen LogP contribution < -0.4 is 10.0 Å². The molecule has 1 amide bonds. The van der Waals surface area contributed by atoms with Gasteiger partial charge in [0.05, 0.1) is 29.3 Å². The fraction of sp³-hybridized carbons (Fsp3) is 0.300. The minimum absolute atomic E-state index is 0.0312. The predicted molar refractivity (Wildman–Crippen MR) is 70.5 cm³/mol. The Bertz CT molecular complexity index is 591. The highest BCUT2D eigenvalue weighted by Gasteiger charge is 2.15. The number of rotatable bonds is 4. The van der Waals surface area contributed by atoms with Crippen LogP contribution in [-0.4, -0.2) is 27.4 Å². The van der Waals surface area contributed by atoms with E-state index in [4.69, 9.17) is 11.6 Å². The lowest BCUT2D eigenvalue weighted by molar-refractivity contribution is 0.187. The molecule has 1 aromatic carbocycles. The first-order chi connectivity index (χ1) is 8.79. The first-order valence-corrected chi connectivity index (χ1v) is 7.16. The van der Waals surface area contributed by atoms with Gasteiger partial charge in [0.2, 0.25) is 10.0 Å². The summed E-state index contributed by atoms with van der Waals surface area (Å²) >= 11 is 5.72. The Morgan fingerprint density at radius 3 is 2.58 bits per heavy atom. The van der Waals surface area contributed by atoms with E-state index in [0.717, 1.165) is 19.2 Å². The standard InChI is InChI=1S/C10H12ClFN2O4S/c1-3-19(16,17)14-8-5-9(13-10(15)18-2)7(12)4-6(8)11/h4-5,14H,3H2,1-2H3,(H,13,15). The van der Waals surface area contributed by atoms with E-state index in [2.05, 4.69) is 14.8 Å². The molecule has 0 radical (unpaired) electrons. The zero-order valence-electron chi connectivity index (χ0n) is 10.2. The van der Waals surface area contributed by atoms with Crippen molar-refractivity contribution in [1.82, 2.24) is 0 Å². The van der Waals surface area contributed by atoms with Crippen molar-refractivity contribution in [3.05, 3.63) is 23.0 Å². The van der Waals surface area contributed by atoms with Crippen LogP contribution in [0.3, 0.4) is 0 Å². The van der Waals surface area contributed by atoms with Gasteiger partial charge in [-0.05, 0) is 19.1 Å². The number of nitrogens with one attached hydrogen (secondary N) is 2. The van der Waals surface area contributed by atoms with Crippen LogP contribution in [0, 0.1) is 5.82 Å². The lowest BCUT2D eigenvalue weighted by Gasteiger charge is -2.11. The highest BCUT2D eigenvalue weighted by atomic mass is 35.5. The summed E-state index contributed by atoms with van der Waals surface area (Å²) in [5, 5.41) is 1.98. The van der Waals surface area contributed by atoms with Crippen molar-refractivity contribution in [3.63, 3.8) is 0 Å². The molecule has 0 spiro atoms. The van der Waals surface area contributed by atoms with E-state index in [1.807, 2.05) is 0 Å². The molecule has 1 aromatic rings. The number of amides is 1. The summed E-state index contributed by atoms with van der Waals surface area (Å²) in [6.07, 6.45) is -0.884. The number of benzene rings is 1. The van der Waals surface area contributed by atoms with E-state index in [0.29, 0.717) is 0 Å². The third kappa shape index (κ3) is 4.25. The lowest BCUT2D eigenvalue weighted by Crippen LogP contribution is -2.16. The molecule has 0 aromatic heterocycles. The summed E-state index contributed by atoms with van der Waals surface area (Å²) in [6, 6.07) is 1.96. The van der Waals surface area contributed by atoms with Gasteiger partial charge >= 0.3 is 6.09 Å². The van der Waals surface area contributed by atoms with E-state index >= 15 is 0 Å². The molecule has 106 valence electrons. The first-order valence-electron chi connectivity index (χ1n) is 5.13. The Kier molecular flexibility index (Phi) is 4.96. The largest absolute Gasteiger partial charge is 0.453 e.